The van der Waals surface area contributed by atoms with E-state index in [-0.39, 0.29) is 34.7 Å². The molecule has 1 aliphatic rings. The van der Waals surface area contributed by atoms with E-state index in [2.05, 4.69) is 15.3 Å². The number of rotatable bonds is 6. The number of nitrogens with zero attached hydrogens (tertiary/aromatic N) is 1. The van der Waals surface area contributed by atoms with Gasteiger partial charge in [-0.15, -0.1) is 35.5 Å². The molecule has 150 valence electrons. The summed E-state index contributed by atoms with van der Waals surface area (Å²) < 4.78 is 0. The van der Waals surface area contributed by atoms with Crippen LogP contribution in [0.3, 0.4) is 0 Å². The number of aromatic amines is 1. The van der Waals surface area contributed by atoms with E-state index in [1.165, 1.54) is 23.1 Å². The minimum Gasteiger partial charge on any atom is -0.348 e. The summed E-state index contributed by atoms with van der Waals surface area (Å²) in [5.74, 6) is 1.11. The third-order valence-corrected chi connectivity index (χ3v) is 7.52. The molecule has 9 heteroatoms. The maximum absolute atomic E-state index is 12.5. The summed E-state index contributed by atoms with van der Waals surface area (Å²) in [6.45, 7) is 6.31. The molecular formula is C18H27ClN4O2S2. The van der Waals surface area contributed by atoms with Crippen LogP contribution in [-0.2, 0) is 10.5 Å². The molecule has 4 N–H and O–H groups in total. The monoisotopic (exact) mass is 430 g/mol. The summed E-state index contributed by atoms with van der Waals surface area (Å²) >= 11 is 3.02. The Balaban J connectivity index is 0.00000261. The van der Waals surface area contributed by atoms with Gasteiger partial charge < -0.3 is 16.0 Å². The summed E-state index contributed by atoms with van der Waals surface area (Å²) in [5, 5.41) is 3.60. The van der Waals surface area contributed by atoms with Crippen LogP contribution in [0, 0.1) is 13.8 Å². The highest BCUT2D eigenvalue weighted by Crippen LogP contribution is 2.30. The quantitative estimate of drug-likeness (QED) is 0.653. The van der Waals surface area contributed by atoms with Gasteiger partial charge in [0.25, 0.3) is 5.56 Å². The van der Waals surface area contributed by atoms with Gasteiger partial charge in [-0.1, -0.05) is 12.8 Å². The first-order valence-electron chi connectivity index (χ1n) is 8.98. The number of nitrogens with two attached hydrogens (primary N) is 1. The fourth-order valence-electron chi connectivity index (χ4n) is 3.44. The van der Waals surface area contributed by atoms with Gasteiger partial charge in [-0.3, -0.25) is 9.59 Å². The van der Waals surface area contributed by atoms with Crippen LogP contribution < -0.4 is 16.6 Å². The number of amides is 1. The molecule has 3 rings (SSSR count). The zero-order valence-corrected chi connectivity index (χ0v) is 18.3. The number of aromatic nitrogens is 2. The summed E-state index contributed by atoms with van der Waals surface area (Å²) in [6, 6.07) is 0. The van der Waals surface area contributed by atoms with Crippen molar-refractivity contribution in [2.45, 2.75) is 63.0 Å². The predicted octanol–water partition coefficient (Wildman–Crippen LogP) is 3.03. The van der Waals surface area contributed by atoms with Gasteiger partial charge in [0.2, 0.25) is 5.91 Å². The molecule has 1 fully saturated rings. The Morgan fingerprint density at radius 2 is 2.07 bits per heavy atom. The van der Waals surface area contributed by atoms with E-state index in [9.17, 15) is 9.59 Å². The average molecular weight is 431 g/mol. The lowest BCUT2D eigenvalue weighted by Crippen LogP contribution is -2.53. The average Bonchev–Trinajstić information content (AvgIpc) is 3.18. The van der Waals surface area contributed by atoms with Crippen molar-refractivity contribution in [3.63, 3.8) is 0 Å². The highest BCUT2D eigenvalue weighted by atomic mass is 35.5. The number of hydrogen-bond acceptors (Lipinski definition) is 6. The molecule has 6 nitrogen and oxygen atoms in total. The van der Waals surface area contributed by atoms with Crippen molar-refractivity contribution in [3.8, 4) is 0 Å². The van der Waals surface area contributed by atoms with Gasteiger partial charge in [0, 0.05) is 11.4 Å². The van der Waals surface area contributed by atoms with Gasteiger partial charge in [-0.2, -0.15) is 0 Å². The minimum atomic E-state index is -0.233. The van der Waals surface area contributed by atoms with Crippen LogP contribution in [0.4, 0.5) is 0 Å². The van der Waals surface area contributed by atoms with Crippen LogP contribution in [0.1, 0.15) is 48.9 Å². The number of thioether (sulfide) groups is 1. The van der Waals surface area contributed by atoms with E-state index < -0.39 is 0 Å². The van der Waals surface area contributed by atoms with Crippen LogP contribution in [0.15, 0.2) is 4.79 Å². The normalized spacial score (nSPS) is 16.9. The molecule has 2 aromatic heterocycles. The number of carbonyl (C=O) groups is 1. The molecule has 0 bridgehead atoms. The molecule has 0 aromatic carbocycles. The Kier molecular flexibility index (Phi) is 7.35. The standard InChI is InChI=1S/C18H26N4O2S2.ClH/c1-10-11(2)26-17-14(10)16(24)20-13(21-17)8-25-12(3)15(23)22-18(9-19)6-4-5-7-18;/h12H,4-9,19H2,1-3H3,(H,22,23)(H,20,21,24);1H. The number of nitrogens with one attached hydrogen (secondary N) is 2. The number of hydrogen-bond donors (Lipinski definition) is 3. The Hall–Kier alpha value is -1.09. The van der Waals surface area contributed by atoms with Gasteiger partial charge in [0.05, 0.1) is 21.9 Å². The van der Waals surface area contributed by atoms with Crippen molar-refractivity contribution in [3.05, 3.63) is 26.6 Å². The molecule has 0 radical (unpaired) electrons. The number of fused-ring (bicyclic) bond motifs is 1. The highest BCUT2D eigenvalue weighted by molar-refractivity contribution is 7.99. The largest absolute Gasteiger partial charge is 0.348 e. The molecule has 2 heterocycles. The highest BCUT2D eigenvalue weighted by Gasteiger charge is 2.34. The molecule has 27 heavy (non-hydrogen) atoms. The SMILES string of the molecule is Cc1sc2nc(CSC(C)C(=O)NC3(CN)CCCC3)[nH]c(=O)c2c1C.Cl. The number of H-pyrrole nitrogens is 1. The molecular weight excluding hydrogens is 404 g/mol. The smallest absolute Gasteiger partial charge is 0.259 e. The Bertz CT molecular complexity index is 874. The van der Waals surface area contributed by atoms with Crippen LogP contribution in [0.5, 0.6) is 0 Å². The minimum absolute atomic E-state index is 0. The Labute approximate surface area is 173 Å². The van der Waals surface area contributed by atoms with Crippen molar-refractivity contribution in [1.82, 2.24) is 15.3 Å². The first-order valence-corrected chi connectivity index (χ1v) is 10.8. The van der Waals surface area contributed by atoms with Gasteiger partial charge >= 0.3 is 0 Å². The summed E-state index contributed by atoms with van der Waals surface area (Å²) in [7, 11) is 0. The number of halogens is 1. The van der Waals surface area contributed by atoms with E-state index in [1.54, 1.807) is 0 Å². The van der Waals surface area contributed by atoms with E-state index in [0.29, 0.717) is 23.5 Å². The van der Waals surface area contributed by atoms with E-state index in [4.69, 9.17) is 5.73 Å². The molecule has 1 aliphatic carbocycles. The van der Waals surface area contributed by atoms with Crippen molar-refractivity contribution < 1.29 is 4.79 Å². The second-order valence-corrected chi connectivity index (χ2v) is 9.64. The van der Waals surface area contributed by atoms with Crippen molar-refractivity contribution in [1.29, 1.82) is 0 Å². The lowest BCUT2D eigenvalue weighted by Gasteiger charge is -2.30. The molecule has 1 unspecified atom stereocenters. The van der Waals surface area contributed by atoms with E-state index >= 15 is 0 Å². The lowest BCUT2D eigenvalue weighted by atomic mass is 9.98. The summed E-state index contributed by atoms with van der Waals surface area (Å²) in [6.07, 6.45) is 4.14. The van der Waals surface area contributed by atoms with Gasteiger partial charge in [-0.05, 0) is 39.2 Å². The summed E-state index contributed by atoms with van der Waals surface area (Å²) in [4.78, 5) is 34.2. The molecule has 0 saturated heterocycles. The molecule has 0 spiro atoms. The second-order valence-electron chi connectivity index (χ2n) is 7.11. The fraction of sp³-hybridized carbons (Fsp3) is 0.611. The molecule has 2 aromatic rings. The second kappa shape index (κ2) is 8.94. The molecule has 0 aliphatic heterocycles. The van der Waals surface area contributed by atoms with Crippen molar-refractivity contribution in [2.75, 3.05) is 6.54 Å². The van der Waals surface area contributed by atoms with Crippen LogP contribution in [-0.4, -0.2) is 33.2 Å². The van der Waals surface area contributed by atoms with Gasteiger partial charge in [-0.25, -0.2) is 4.98 Å². The van der Waals surface area contributed by atoms with Gasteiger partial charge in [0.15, 0.2) is 0 Å². The molecule has 1 saturated carbocycles. The Morgan fingerprint density at radius 3 is 2.70 bits per heavy atom. The zero-order chi connectivity index (χ0) is 18.9. The van der Waals surface area contributed by atoms with Crippen LogP contribution >= 0.6 is 35.5 Å². The number of aryl methyl sites for hydroxylation is 2. The fourth-order valence-corrected chi connectivity index (χ4v) is 5.25. The third-order valence-electron chi connectivity index (χ3n) is 5.27. The predicted molar refractivity (Wildman–Crippen MR) is 116 cm³/mol. The van der Waals surface area contributed by atoms with Crippen molar-refractivity contribution in [2.24, 2.45) is 5.73 Å². The first-order chi connectivity index (χ1) is 12.3. The summed E-state index contributed by atoms with van der Waals surface area (Å²) in [5.41, 5.74) is 6.56. The lowest BCUT2D eigenvalue weighted by molar-refractivity contribution is -0.122. The topological polar surface area (TPSA) is 101 Å². The maximum Gasteiger partial charge on any atom is 0.259 e. The van der Waals surface area contributed by atoms with Crippen LogP contribution in [0.25, 0.3) is 10.2 Å². The van der Waals surface area contributed by atoms with E-state index in [1.807, 2.05) is 20.8 Å². The molecule has 1 atom stereocenters. The maximum atomic E-state index is 12.5. The first kappa shape index (κ1) is 22.2. The third kappa shape index (κ3) is 4.67. The Morgan fingerprint density at radius 1 is 1.41 bits per heavy atom. The van der Waals surface area contributed by atoms with Crippen molar-refractivity contribution >= 4 is 51.6 Å². The molecule has 1 amide bonds. The zero-order valence-electron chi connectivity index (χ0n) is 15.9. The van der Waals surface area contributed by atoms with E-state index in [0.717, 1.165) is 41.0 Å². The number of thiophene rings is 1. The van der Waals surface area contributed by atoms with Crippen LogP contribution in [0.2, 0.25) is 0 Å². The number of carbonyl (C=O) groups excluding carboxylic acids is 1. The van der Waals surface area contributed by atoms with Gasteiger partial charge in [0.1, 0.15) is 10.7 Å².